The number of rotatable bonds is 4. The highest BCUT2D eigenvalue weighted by atomic mass is 35.5. The minimum Gasteiger partial charge on any atom is -0.497 e. The van der Waals surface area contributed by atoms with Gasteiger partial charge in [0, 0.05) is 17.4 Å². The Balaban J connectivity index is 1.56. The minimum atomic E-state index is -0.804. The standard InChI is InChI=1S/C20H19ClN4O3/c1-13-16(21)7-4-8-17(13)23-9-10-24-18(19(23)26)22-25(20(24)27)12-14-5-3-6-15(11-14)28-2/h3-11,18,22H,12H2,1-2H3. The van der Waals surface area contributed by atoms with Gasteiger partial charge >= 0.3 is 6.03 Å². The van der Waals surface area contributed by atoms with E-state index in [1.807, 2.05) is 37.3 Å². The van der Waals surface area contributed by atoms with Crippen molar-refractivity contribution in [2.75, 3.05) is 12.0 Å². The maximum Gasteiger partial charge on any atom is 0.340 e. The zero-order valence-corrected chi connectivity index (χ0v) is 16.2. The molecule has 0 bridgehead atoms. The molecule has 2 aliphatic rings. The van der Waals surface area contributed by atoms with E-state index in [-0.39, 0.29) is 11.9 Å². The van der Waals surface area contributed by atoms with Crippen LogP contribution >= 0.6 is 11.6 Å². The molecule has 2 aromatic carbocycles. The molecule has 2 aromatic rings. The van der Waals surface area contributed by atoms with Gasteiger partial charge < -0.3 is 4.74 Å². The third-order valence-electron chi connectivity index (χ3n) is 4.83. The van der Waals surface area contributed by atoms with Crippen LogP contribution < -0.4 is 15.1 Å². The third kappa shape index (κ3) is 3.08. The summed E-state index contributed by atoms with van der Waals surface area (Å²) in [5.41, 5.74) is 5.38. The van der Waals surface area contributed by atoms with Gasteiger partial charge in [0.25, 0.3) is 5.91 Å². The molecule has 4 rings (SSSR count). The Morgan fingerprint density at radius 3 is 2.71 bits per heavy atom. The lowest BCUT2D eigenvalue weighted by Gasteiger charge is -2.30. The number of ether oxygens (including phenoxy) is 1. The van der Waals surface area contributed by atoms with Crippen LogP contribution in [0.25, 0.3) is 0 Å². The van der Waals surface area contributed by atoms with Gasteiger partial charge in [-0.05, 0) is 42.3 Å². The second-order valence-electron chi connectivity index (χ2n) is 6.55. The predicted molar refractivity (Wildman–Crippen MR) is 106 cm³/mol. The molecule has 0 saturated carbocycles. The SMILES string of the molecule is COc1cccc(CN2NC3C(=O)N(c4cccc(Cl)c4C)C=CN3C2=O)c1. The summed E-state index contributed by atoms with van der Waals surface area (Å²) in [6.07, 6.45) is 2.39. The topological polar surface area (TPSA) is 65.1 Å². The van der Waals surface area contributed by atoms with E-state index >= 15 is 0 Å². The molecule has 0 aliphatic carbocycles. The van der Waals surface area contributed by atoms with Crippen LogP contribution in [0.4, 0.5) is 10.5 Å². The van der Waals surface area contributed by atoms with E-state index in [0.29, 0.717) is 23.0 Å². The van der Waals surface area contributed by atoms with Crippen molar-refractivity contribution in [3.8, 4) is 5.75 Å². The average molecular weight is 399 g/mol. The summed E-state index contributed by atoms with van der Waals surface area (Å²) in [5.74, 6) is 0.454. The van der Waals surface area contributed by atoms with Crippen molar-refractivity contribution in [2.45, 2.75) is 19.6 Å². The molecule has 8 heteroatoms. The highest BCUT2D eigenvalue weighted by Crippen LogP contribution is 2.30. The molecule has 2 heterocycles. The Labute approximate surface area is 167 Å². The van der Waals surface area contributed by atoms with Crippen LogP contribution in [0.2, 0.25) is 5.02 Å². The molecule has 0 aromatic heterocycles. The fraction of sp³-hybridized carbons (Fsp3) is 0.200. The Kier molecular flexibility index (Phi) is 4.70. The molecule has 1 N–H and O–H groups in total. The zero-order valence-electron chi connectivity index (χ0n) is 15.4. The van der Waals surface area contributed by atoms with Gasteiger partial charge in [0.2, 0.25) is 0 Å². The lowest BCUT2D eigenvalue weighted by atomic mass is 10.1. The maximum absolute atomic E-state index is 13.0. The number of carbonyl (C=O) groups is 2. The van der Waals surface area contributed by atoms with E-state index in [2.05, 4.69) is 5.43 Å². The van der Waals surface area contributed by atoms with Crippen molar-refractivity contribution in [1.82, 2.24) is 15.3 Å². The molecule has 2 aliphatic heterocycles. The van der Waals surface area contributed by atoms with Crippen molar-refractivity contribution < 1.29 is 14.3 Å². The molecule has 1 unspecified atom stereocenters. The lowest BCUT2D eigenvalue weighted by molar-refractivity contribution is -0.122. The van der Waals surface area contributed by atoms with E-state index in [9.17, 15) is 9.59 Å². The number of amides is 3. The number of carbonyl (C=O) groups excluding carboxylic acids is 2. The number of hydrogen-bond donors (Lipinski definition) is 1. The smallest absolute Gasteiger partial charge is 0.340 e. The Morgan fingerprint density at radius 1 is 1.14 bits per heavy atom. The highest BCUT2D eigenvalue weighted by Gasteiger charge is 2.44. The number of hydrazine groups is 1. The number of fused-ring (bicyclic) bond motifs is 1. The zero-order chi connectivity index (χ0) is 19.8. The molecular formula is C20H19ClN4O3. The Bertz CT molecular complexity index is 978. The summed E-state index contributed by atoms with van der Waals surface area (Å²) < 4.78 is 5.22. The number of urea groups is 1. The van der Waals surface area contributed by atoms with Gasteiger partial charge in [0.1, 0.15) is 5.75 Å². The summed E-state index contributed by atoms with van der Waals surface area (Å²) in [4.78, 5) is 28.7. The van der Waals surface area contributed by atoms with Crippen LogP contribution in [-0.4, -0.2) is 35.1 Å². The van der Waals surface area contributed by atoms with Gasteiger partial charge in [0.15, 0.2) is 6.17 Å². The fourth-order valence-electron chi connectivity index (χ4n) is 3.31. The van der Waals surface area contributed by atoms with Gasteiger partial charge in [-0.2, -0.15) is 5.43 Å². The molecule has 144 valence electrons. The highest BCUT2D eigenvalue weighted by molar-refractivity contribution is 6.31. The Hall–Kier alpha value is -3.03. The molecule has 28 heavy (non-hydrogen) atoms. The third-order valence-corrected chi connectivity index (χ3v) is 5.24. The van der Waals surface area contributed by atoms with Gasteiger partial charge in [0.05, 0.1) is 19.3 Å². The summed E-state index contributed by atoms with van der Waals surface area (Å²) in [5, 5.41) is 2.01. The molecular weight excluding hydrogens is 380 g/mol. The fourth-order valence-corrected chi connectivity index (χ4v) is 3.47. The number of benzene rings is 2. The second-order valence-corrected chi connectivity index (χ2v) is 6.96. The van der Waals surface area contributed by atoms with Crippen LogP contribution in [0.1, 0.15) is 11.1 Å². The largest absolute Gasteiger partial charge is 0.497 e. The molecule has 3 amide bonds. The number of methoxy groups -OCH3 is 1. The predicted octanol–water partition coefficient (Wildman–Crippen LogP) is 3.24. The van der Waals surface area contributed by atoms with E-state index in [4.69, 9.17) is 16.3 Å². The monoisotopic (exact) mass is 398 g/mol. The minimum absolute atomic E-state index is 0.255. The first-order valence-electron chi connectivity index (χ1n) is 8.75. The van der Waals surface area contributed by atoms with Crippen LogP contribution in [0.3, 0.4) is 0 Å². The van der Waals surface area contributed by atoms with Crippen LogP contribution in [0, 0.1) is 6.92 Å². The normalized spacial score (nSPS) is 18.7. The molecule has 7 nitrogen and oxygen atoms in total. The number of nitrogens with one attached hydrogen (secondary N) is 1. The van der Waals surface area contributed by atoms with Gasteiger partial charge in [-0.3, -0.25) is 19.6 Å². The molecule has 0 radical (unpaired) electrons. The first-order valence-corrected chi connectivity index (χ1v) is 9.13. The van der Waals surface area contributed by atoms with Crippen molar-refractivity contribution in [1.29, 1.82) is 0 Å². The number of hydrogen-bond acceptors (Lipinski definition) is 4. The molecule has 0 spiro atoms. The Morgan fingerprint density at radius 2 is 1.93 bits per heavy atom. The van der Waals surface area contributed by atoms with Crippen molar-refractivity contribution >= 4 is 29.2 Å². The second kappa shape index (κ2) is 7.18. The number of anilines is 1. The van der Waals surface area contributed by atoms with Crippen molar-refractivity contribution in [3.63, 3.8) is 0 Å². The quantitative estimate of drug-likeness (QED) is 0.858. The molecule has 1 atom stereocenters. The number of halogens is 1. The molecule has 1 fully saturated rings. The lowest BCUT2D eigenvalue weighted by Crippen LogP contribution is -2.51. The summed E-state index contributed by atoms with van der Waals surface area (Å²) >= 11 is 6.19. The van der Waals surface area contributed by atoms with E-state index in [1.54, 1.807) is 31.6 Å². The average Bonchev–Trinajstić information content (AvgIpc) is 3.01. The van der Waals surface area contributed by atoms with Crippen molar-refractivity contribution in [2.24, 2.45) is 0 Å². The number of nitrogens with zero attached hydrogens (tertiary/aromatic N) is 3. The maximum atomic E-state index is 13.0. The van der Waals surface area contributed by atoms with Gasteiger partial charge in [-0.15, -0.1) is 0 Å². The van der Waals surface area contributed by atoms with Crippen LogP contribution in [-0.2, 0) is 11.3 Å². The van der Waals surface area contributed by atoms with Gasteiger partial charge in [-0.1, -0.05) is 29.8 Å². The summed E-state index contributed by atoms with van der Waals surface area (Å²) in [7, 11) is 1.59. The van der Waals surface area contributed by atoms with E-state index in [0.717, 1.165) is 11.1 Å². The summed E-state index contributed by atoms with van der Waals surface area (Å²) in [6, 6.07) is 12.5. The molecule has 1 saturated heterocycles. The van der Waals surface area contributed by atoms with Crippen LogP contribution in [0.5, 0.6) is 5.75 Å². The van der Waals surface area contributed by atoms with Crippen molar-refractivity contribution in [3.05, 3.63) is 71.0 Å². The first kappa shape index (κ1) is 18.3. The summed E-state index contributed by atoms with van der Waals surface area (Å²) in [6.45, 7) is 2.16. The van der Waals surface area contributed by atoms with Gasteiger partial charge in [-0.25, -0.2) is 4.79 Å². The first-order chi connectivity index (χ1) is 13.5. The van der Waals surface area contributed by atoms with E-state index in [1.165, 1.54) is 14.8 Å². The van der Waals surface area contributed by atoms with E-state index < -0.39 is 6.17 Å². The van der Waals surface area contributed by atoms with Crippen LogP contribution in [0.15, 0.2) is 54.9 Å².